The Balaban J connectivity index is 1.70. The Labute approximate surface area is 155 Å². The Bertz CT molecular complexity index is 892. The second-order valence-electron chi connectivity index (χ2n) is 5.72. The summed E-state index contributed by atoms with van der Waals surface area (Å²) in [5.74, 6) is 0.531. The fourth-order valence-electron chi connectivity index (χ4n) is 2.50. The average molecular weight is 431 g/mol. The number of fused-ring (bicyclic) bond motifs is 1. The highest BCUT2D eigenvalue weighted by atomic mass is 127. The van der Waals surface area contributed by atoms with Gasteiger partial charge in [0.2, 0.25) is 0 Å². The average Bonchev–Trinajstić information content (AvgIpc) is 2.57. The summed E-state index contributed by atoms with van der Waals surface area (Å²) in [6, 6.07) is 19.8. The number of hydrogen-bond acceptors (Lipinski definition) is 2. The van der Waals surface area contributed by atoms with E-state index in [-0.39, 0.29) is 5.91 Å². The van der Waals surface area contributed by atoms with Crippen LogP contribution in [0, 0.1) is 10.5 Å². The number of carbonyl (C=O) groups excluding carboxylic acids is 1. The lowest BCUT2D eigenvalue weighted by molar-refractivity contribution is -0.122. The molecule has 1 amide bonds. The van der Waals surface area contributed by atoms with Crippen LogP contribution in [0.1, 0.15) is 12.5 Å². The Morgan fingerprint density at radius 2 is 1.79 bits per heavy atom. The Kier molecular flexibility index (Phi) is 5.04. The molecule has 3 aromatic rings. The lowest BCUT2D eigenvalue weighted by Crippen LogP contribution is -2.30. The number of ether oxygens (including phenoxy) is 1. The Morgan fingerprint density at radius 1 is 1.04 bits per heavy atom. The van der Waals surface area contributed by atoms with Crippen LogP contribution in [-0.4, -0.2) is 12.0 Å². The molecule has 122 valence electrons. The van der Waals surface area contributed by atoms with Crippen LogP contribution in [0.25, 0.3) is 10.8 Å². The molecule has 1 atom stereocenters. The third-order valence-electron chi connectivity index (χ3n) is 3.85. The van der Waals surface area contributed by atoms with Crippen LogP contribution in [0.4, 0.5) is 5.69 Å². The summed E-state index contributed by atoms with van der Waals surface area (Å²) in [5, 5.41) is 5.17. The van der Waals surface area contributed by atoms with Crippen LogP contribution in [0.2, 0.25) is 0 Å². The number of halogens is 1. The minimum atomic E-state index is -0.579. The maximum Gasteiger partial charge on any atom is 0.265 e. The third kappa shape index (κ3) is 3.87. The minimum absolute atomic E-state index is 0.160. The number of amides is 1. The molecule has 0 spiro atoms. The van der Waals surface area contributed by atoms with Gasteiger partial charge in [-0.2, -0.15) is 0 Å². The van der Waals surface area contributed by atoms with E-state index in [1.165, 1.54) is 0 Å². The van der Waals surface area contributed by atoms with Crippen LogP contribution in [0.5, 0.6) is 5.75 Å². The number of anilines is 1. The fraction of sp³-hybridized carbons (Fsp3) is 0.150. The number of nitrogens with one attached hydrogen (secondary N) is 1. The van der Waals surface area contributed by atoms with Crippen molar-refractivity contribution >= 4 is 45.0 Å². The van der Waals surface area contributed by atoms with E-state index in [0.717, 1.165) is 25.6 Å². The van der Waals surface area contributed by atoms with E-state index in [4.69, 9.17) is 4.74 Å². The summed E-state index contributed by atoms with van der Waals surface area (Å²) < 4.78 is 6.95. The van der Waals surface area contributed by atoms with Crippen LogP contribution in [0.15, 0.2) is 60.7 Å². The number of aryl methyl sites for hydroxylation is 1. The summed E-state index contributed by atoms with van der Waals surface area (Å²) >= 11 is 2.25. The molecule has 0 aromatic heterocycles. The van der Waals surface area contributed by atoms with Crippen LogP contribution in [-0.2, 0) is 4.79 Å². The minimum Gasteiger partial charge on any atom is -0.481 e. The Morgan fingerprint density at radius 3 is 2.54 bits per heavy atom. The lowest BCUT2D eigenvalue weighted by Gasteiger charge is -2.16. The molecule has 0 bridgehead atoms. The molecule has 3 aromatic carbocycles. The smallest absolute Gasteiger partial charge is 0.265 e. The van der Waals surface area contributed by atoms with E-state index in [1.54, 1.807) is 6.92 Å². The number of carbonyl (C=O) groups is 1. The molecule has 0 heterocycles. The van der Waals surface area contributed by atoms with Gasteiger partial charge in [-0.1, -0.05) is 30.3 Å². The van der Waals surface area contributed by atoms with Crippen molar-refractivity contribution in [1.29, 1.82) is 0 Å². The zero-order valence-corrected chi connectivity index (χ0v) is 15.7. The second-order valence-corrected chi connectivity index (χ2v) is 6.96. The van der Waals surface area contributed by atoms with Crippen LogP contribution >= 0.6 is 22.6 Å². The first kappa shape index (κ1) is 16.8. The van der Waals surface area contributed by atoms with Gasteiger partial charge in [-0.25, -0.2) is 0 Å². The van der Waals surface area contributed by atoms with E-state index >= 15 is 0 Å². The fourth-order valence-corrected chi connectivity index (χ4v) is 3.15. The molecule has 1 N–H and O–H groups in total. The molecule has 0 aliphatic rings. The molecule has 3 rings (SSSR count). The van der Waals surface area contributed by atoms with Crippen molar-refractivity contribution in [2.45, 2.75) is 20.0 Å². The van der Waals surface area contributed by atoms with Gasteiger partial charge >= 0.3 is 0 Å². The molecule has 0 aliphatic heterocycles. The van der Waals surface area contributed by atoms with Crippen molar-refractivity contribution in [3.8, 4) is 5.75 Å². The molecule has 0 radical (unpaired) electrons. The van der Waals surface area contributed by atoms with Crippen molar-refractivity contribution in [3.63, 3.8) is 0 Å². The normalized spacial score (nSPS) is 12.0. The van der Waals surface area contributed by atoms with Gasteiger partial charge in [0.15, 0.2) is 6.10 Å². The Hall–Kier alpha value is -2.08. The summed E-state index contributed by atoms with van der Waals surface area (Å²) in [6.07, 6.45) is -0.579. The van der Waals surface area contributed by atoms with Gasteiger partial charge in [-0.05, 0) is 83.1 Å². The van der Waals surface area contributed by atoms with E-state index in [0.29, 0.717) is 5.75 Å². The van der Waals surface area contributed by atoms with Crippen molar-refractivity contribution < 1.29 is 9.53 Å². The van der Waals surface area contributed by atoms with Gasteiger partial charge in [0.25, 0.3) is 5.91 Å². The third-order valence-corrected chi connectivity index (χ3v) is 4.52. The first-order valence-corrected chi connectivity index (χ1v) is 8.83. The standard InChI is InChI=1S/C20H18INO2/c1-13-11-17(21)8-10-19(13)22-20(23)14(2)24-18-9-7-15-5-3-4-6-16(15)12-18/h3-12,14H,1-2H3,(H,22,23). The van der Waals surface area contributed by atoms with Gasteiger partial charge in [-0.3, -0.25) is 4.79 Å². The van der Waals surface area contributed by atoms with E-state index in [2.05, 4.69) is 34.0 Å². The molecule has 0 fully saturated rings. The SMILES string of the molecule is Cc1cc(I)ccc1NC(=O)C(C)Oc1ccc2ccccc2c1. The number of hydrogen-bond donors (Lipinski definition) is 1. The second kappa shape index (κ2) is 7.21. The zero-order valence-electron chi connectivity index (χ0n) is 13.5. The van der Waals surface area contributed by atoms with Gasteiger partial charge in [0.05, 0.1) is 0 Å². The number of rotatable bonds is 4. The molecule has 24 heavy (non-hydrogen) atoms. The summed E-state index contributed by atoms with van der Waals surface area (Å²) in [7, 11) is 0. The van der Waals surface area contributed by atoms with Crippen molar-refractivity contribution in [3.05, 3.63) is 69.8 Å². The highest BCUT2D eigenvalue weighted by molar-refractivity contribution is 14.1. The van der Waals surface area contributed by atoms with Crippen LogP contribution < -0.4 is 10.1 Å². The van der Waals surface area contributed by atoms with Crippen molar-refractivity contribution in [1.82, 2.24) is 0 Å². The van der Waals surface area contributed by atoms with Gasteiger partial charge in [0, 0.05) is 9.26 Å². The molecule has 1 unspecified atom stereocenters. The molecular weight excluding hydrogens is 413 g/mol. The lowest BCUT2D eigenvalue weighted by atomic mass is 10.1. The highest BCUT2D eigenvalue weighted by Crippen LogP contribution is 2.22. The van der Waals surface area contributed by atoms with Gasteiger partial charge < -0.3 is 10.1 Å². The predicted octanol–water partition coefficient (Wildman–Crippen LogP) is 5.16. The van der Waals surface area contributed by atoms with Crippen LogP contribution in [0.3, 0.4) is 0 Å². The monoisotopic (exact) mass is 431 g/mol. The maximum absolute atomic E-state index is 12.4. The first-order valence-electron chi connectivity index (χ1n) is 7.75. The zero-order chi connectivity index (χ0) is 17.1. The summed E-state index contributed by atoms with van der Waals surface area (Å²) in [4.78, 5) is 12.4. The highest BCUT2D eigenvalue weighted by Gasteiger charge is 2.16. The quantitative estimate of drug-likeness (QED) is 0.580. The molecular formula is C20H18INO2. The van der Waals surface area contributed by atoms with Crippen molar-refractivity contribution in [2.75, 3.05) is 5.32 Å². The summed E-state index contributed by atoms with van der Waals surface area (Å²) in [6.45, 7) is 3.74. The maximum atomic E-state index is 12.4. The largest absolute Gasteiger partial charge is 0.481 e. The van der Waals surface area contributed by atoms with E-state index in [1.807, 2.05) is 61.5 Å². The van der Waals surface area contributed by atoms with Crippen molar-refractivity contribution in [2.24, 2.45) is 0 Å². The number of benzene rings is 3. The summed E-state index contributed by atoms with van der Waals surface area (Å²) in [5.41, 5.74) is 1.85. The molecule has 0 aliphatic carbocycles. The van der Waals surface area contributed by atoms with Gasteiger partial charge in [0.1, 0.15) is 5.75 Å². The molecule has 0 saturated heterocycles. The molecule has 3 nitrogen and oxygen atoms in total. The van der Waals surface area contributed by atoms with E-state index < -0.39 is 6.10 Å². The van der Waals surface area contributed by atoms with Gasteiger partial charge in [-0.15, -0.1) is 0 Å². The van der Waals surface area contributed by atoms with E-state index in [9.17, 15) is 4.79 Å². The predicted molar refractivity (Wildman–Crippen MR) is 107 cm³/mol. The molecule has 4 heteroatoms. The molecule has 0 saturated carbocycles. The first-order chi connectivity index (χ1) is 11.5. The topological polar surface area (TPSA) is 38.3 Å².